The van der Waals surface area contributed by atoms with Gasteiger partial charge in [0.25, 0.3) is 0 Å². The molecule has 1 N–H and O–H groups in total. The molecule has 18 heavy (non-hydrogen) atoms. The summed E-state index contributed by atoms with van der Waals surface area (Å²) in [6.45, 7) is 7.14. The Morgan fingerprint density at radius 3 is 2.78 bits per heavy atom. The van der Waals surface area contributed by atoms with Crippen LogP contribution in [0, 0.1) is 5.92 Å². The molecule has 0 radical (unpaired) electrons. The molecule has 1 rings (SSSR count). The summed E-state index contributed by atoms with van der Waals surface area (Å²) in [6.07, 6.45) is 1.77. The highest BCUT2D eigenvalue weighted by Crippen LogP contribution is 2.17. The van der Waals surface area contributed by atoms with Crippen LogP contribution in [0.25, 0.3) is 0 Å². The Bertz CT molecular complexity index is 420. The molecule has 0 aromatic heterocycles. The van der Waals surface area contributed by atoms with Crippen molar-refractivity contribution in [3.8, 4) is 0 Å². The van der Waals surface area contributed by atoms with Crippen LogP contribution < -0.4 is 0 Å². The SMILES string of the molecule is C=CCN(Cc1ccccc1Cl)CC(C)C(=O)O. The first-order chi connectivity index (χ1) is 8.54. The van der Waals surface area contributed by atoms with Crippen LogP contribution >= 0.6 is 11.6 Å². The van der Waals surface area contributed by atoms with Crippen molar-refractivity contribution in [3.63, 3.8) is 0 Å². The van der Waals surface area contributed by atoms with Gasteiger partial charge in [0.15, 0.2) is 0 Å². The maximum Gasteiger partial charge on any atom is 0.307 e. The van der Waals surface area contributed by atoms with Crippen molar-refractivity contribution in [2.45, 2.75) is 13.5 Å². The van der Waals surface area contributed by atoms with E-state index in [2.05, 4.69) is 6.58 Å². The third-order valence-corrected chi connectivity index (χ3v) is 3.06. The van der Waals surface area contributed by atoms with Crippen LogP contribution in [0.5, 0.6) is 0 Å². The molecule has 0 saturated carbocycles. The van der Waals surface area contributed by atoms with E-state index in [9.17, 15) is 4.79 Å². The Kier molecular flexibility index (Phi) is 5.89. The molecule has 98 valence electrons. The molecule has 3 nitrogen and oxygen atoms in total. The van der Waals surface area contributed by atoms with Gasteiger partial charge in [0, 0.05) is 24.7 Å². The normalized spacial score (nSPS) is 12.4. The number of carboxylic acid groups (broad SMARTS) is 1. The number of nitrogens with zero attached hydrogens (tertiary/aromatic N) is 1. The third kappa shape index (κ3) is 4.51. The Balaban J connectivity index is 2.71. The van der Waals surface area contributed by atoms with E-state index in [4.69, 9.17) is 16.7 Å². The average Bonchev–Trinajstić information content (AvgIpc) is 2.32. The third-order valence-electron chi connectivity index (χ3n) is 2.69. The van der Waals surface area contributed by atoms with Gasteiger partial charge in [-0.1, -0.05) is 42.8 Å². The first-order valence-corrected chi connectivity index (χ1v) is 6.22. The lowest BCUT2D eigenvalue weighted by Gasteiger charge is -2.23. The highest BCUT2D eigenvalue weighted by Gasteiger charge is 2.16. The van der Waals surface area contributed by atoms with Crippen LogP contribution in [0.15, 0.2) is 36.9 Å². The van der Waals surface area contributed by atoms with Gasteiger partial charge >= 0.3 is 5.97 Å². The number of hydrogen-bond donors (Lipinski definition) is 1. The van der Waals surface area contributed by atoms with E-state index in [1.54, 1.807) is 13.0 Å². The van der Waals surface area contributed by atoms with Gasteiger partial charge in [-0.15, -0.1) is 6.58 Å². The van der Waals surface area contributed by atoms with Gasteiger partial charge in [-0.25, -0.2) is 0 Å². The molecular weight excluding hydrogens is 250 g/mol. The topological polar surface area (TPSA) is 40.5 Å². The van der Waals surface area contributed by atoms with Crippen LogP contribution in [0.4, 0.5) is 0 Å². The minimum absolute atomic E-state index is 0.410. The van der Waals surface area contributed by atoms with Gasteiger partial charge in [0.2, 0.25) is 0 Å². The lowest BCUT2D eigenvalue weighted by molar-refractivity contribution is -0.141. The lowest BCUT2D eigenvalue weighted by Crippen LogP contribution is -2.31. The summed E-state index contributed by atoms with van der Waals surface area (Å²) >= 11 is 6.10. The van der Waals surface area contributed by atoms with E-state index >= 15 is 0 Å². The summed E-state index contributed by atoms with van der Waals surface area (Å²) in [5.41, 5.74) is 0.999. The zero-order valence-corrected chi connectivity index (χ0v) is 11.2. The average molecular weight is 268 g/mol. The number of hydrogen-bond acceptors (Lipinski definition) is 2. The molecule has 1 unspecified atom stereocenters. The second-order valence-electron chi connectivity index (χ2n) is 4.31. The van der Waals surface area contributed by atoms with E-state index in [1.165, 1.54) is 0 Å². The Morgan fingerprint density at radius 1 is 1.56 bits per heavy atom. The molecule has 0 aliphatic carbocycles. The number of rotatable bonds is 7. The molecule has 1 aromatic rings. The lowest BCUT2D eigenvalue weighted by atomic mass is 10.1. The van der Waals surface area contributed by atoms with Crippen LogP contribution in [0.1, 0.15) is 12.5 Å². The minimum Gasteiger partial charge on any atom is -0.481 e. The monoisotopic (exact) mass is 267 g/mol. The maximum atomic E-state index is 10.9. The molecule has 4 heteroatoms. The van der Waals surface area contributed by atoms with E-state index in [0.29, 0.717) is 24.7 Å². The summed E-state index contributed by atoms with van der Waals surface area (Å²) in [6, 6.07) is 7.59. The highest BCUT2D eigenvalue weighted by molar-refractivity contribution is 6.31. The first kappa shape index (κ1) is 14.7. The largest absolute Gasteiger partial charge is 0.481 e. The van der Waals surface area contributed by atoms with Gasteiger partial charge in [-0.2, -0.15) is 0 Å². The Labute approximate surface area is 113 Å². The van der Waals surface area contributed by atoms with Crippen molar-refractivity contribution in [1.29, 1.82) is 0 Å². The van der Waals surface area contributed by atoms with Gasteiger partial charge in [0.05, 0.1) is 5.92 Å². The number of carboxylic acids is 1. The van der Waals surface area contributed by atoms with E-state index < -0.39 is 11.9 Å². The standard InChI is InChI=1S/C14H18ClNO2/c1-3-8-16(9-11(2)14(17)18)10-12-6-4-5-7-13(12)15/h3-7,11H,1,8-10H2,2H3,(H,17,18). The molecular formula is C14H18ClNO2. The molecule has 0 heterocycles. The van der Waals surface area contributed by atoms with Crippen LogP contribution in [0.3, 0.4) is 0 Å². The van der Waals surface area contributed by atoms with Crippen LogP contribution in [-0.2, 0) is 11.3 Å². The molecule has 0 amide bonds. The van der Waals surface area contributed by atoms with E-state index in [1.807, 2.05) is 29.2 Å². The Hall–Kier alpha value is -1.32. The van der Waals surface area contributed by atoms with Crippen molar-refractivity contribution in [2.24, 2.45) is 5.92 Å². The predicted octanol–water partition coefficient (Wildman–Crippen LogP) is 3.05. The van der Waals surface area contributed by atoms with Crippen LogP contribution in [-0.4, -0.2) is 29.1 Å². The van der Waals surface area contributed by atoms with E-state index in [0.717, 1.165) is 5.56 Å². The van der Waals surface area contributed by atoms with Crippen molar-refractivity contribution in [3.05, 3.63) is 47.5 Å². The molecule has 0 fully saturated rings. The number of carbonyl (C=O) groups is 1. The second-order valence-corrected chi connectivity index (χ2v) is 4.72. The zero-order chi connectivity index (χ0) is 13.5. The molecule has 0 saturated heterocycles. The summed E-state index contributed by atoms with van der Waals surface area (Å²) in [7, 11) is 0. The summed E-state index contributed by atoms with van der Waals surface area (Å²) < 4.78 is 0. The fourth-order valence-electron chi connectivity index (χ4n) is 1.72. The predicted molar refractivity (Wildman–Crippen MR) is 73.7 cm³/mol. The second kappa shape index (κ2) is 7.19. The number of aliphatic carboxylic acids is 1. The molecule has 1 aromatic carbocycles. The van der Waals surface area contributed by atoms with Crippen molar-refractivity contribution < 1.29 is 9.90 Å². The zero-order valence-electron chi connectivity index (χ0n) is 10.5. The van der Waals surface area contributed by atoms with Gasteiger partial charge in [-0.05, 0) is 11.6 Å². The van der Waals surface area contributed by atoms with Crippen molar-refractivity contribution in [2.75, 3.05) is 13.1 Å². The molecule has 0 spiro atoms. The number of benzene rings is 1. The van der Waals surface area contributed by atoms with Crippen molar-refractivity contribution >= 4 is 17.6 Å². The quantitative estimate of drug-likeness (QED) is 0.772. The highest BCUT2D eigenvalue weighted by atomic mass is 35.5. The fourth-order valence-corrected chi connectivity index (χ4v) is 1.91. The van der Waals surface area contributed by atoms with Gasteiger partial charge in [0.1, 0.15) is 0 Å². The Morgan fingerprint density at radius 2 is 2.22 bits per heavy atom. The summed E-state index contributed by atoms with van der Waals surface area (Å²) in [5.74, 6) is -1.20. The van der Waals surface area contributed by atoms with Gasteiger partial charge in [-0.3, -0.25) is 9.69 Å². The van der Waals surface area contributed by atoms with Crippen LogP contribution in [0.2, 0.25) is 5.02 Å². The smallest absolute Gasteiger partial charge is 0.307 e. The number of halogens is 1. The maximum absolute atomic E-state index is 10.9. The molecule has 1 atom stereocenters. The molecule has 0 aliphatic heterocycles. The van der Waals surface area contributed by atoms with Gasteiger partial charge < -0.3 is 5.11 Å². The molecule has 0 bridgehead atoms. The van der Waals surface area contributed by atoms with E-state index in [-0.39, 0.29) is 0 Å². The first-order valence-electron chi connectivity index (χ1n) is 5.84. The minimum atomic E-state index is -0.789. The van der Waals surface area contributed by atoms with Crippen molar-refractivity contribution in [1.82, 2.24) is 4.90 Å². The summed E-state index contributed by atoms with van der Waals surface area (Å²) in [5, 5.41) is 9.64. The molecule has 0 aliphatic rings. The fraction of sp³-hybridized carbons (Fsp3) is 0.357. The summed E-state index contributed by atoms with van der Waals surface area (Å²) in [4.78, 5) is 12.9.